The number of carbonyl (C=O) groups excluding carboxylic acids is 2. The lowest BCUT2D eigenvalue weighted by Crippen LogP contribution is -2.69. The van der Waals surface area contributed by atoms with E-state index >= 15 is 4.79 Å². The van der Waals surface area contributed by atoms with Crippen LogP contribution in [-0.4, -0.2) is 192 Å². The van der Waals surface area contributed by atoms with Crippen molar-refractivity contribution >= 4 is 24.1 Å². The van der Waals surface area contributed by atoms with Gasteiger partial charge in [0.1, 0.15) is 54.2 Å². The van der Waals surface area contributed by atoms with E-state index in [1.54, 1.807) is 0 Å². The zero-order chi connectivity index (χ0) is 59.2. The highest BCUT2D eigenvalue weighted by Gasteiger charge is 2.72. The number of nitrogens with zero attached hydrogens (tertiary/aromatic N) is 1. The molecular weight excluding hydrogens is 1060 g/mol. The van der Waals surface area contributed by atoms with Crippen LogP contribution >= 0.6 is 0 Å². The summed E-state index contributed by atoms with van der Waals surface area (Å²) in [5.41, 5.74) is -2.70. The number of esters is 1. The average Bonchev–Trinajstić information content (AvgIpc) is 2.42. The largest absolute Gasteiger partial charge is 0.481 e. The van der Waals surface area contributed by atoms with Gasteiger partial charge in [0.25, 0.3) is 0 Å². The minimum Gasteiger partial charge on any atom is -0.481 e. The number of hydrogen-bond acceptors (Lipinski definition) is 20. The van der Waals surface area contributed by atoms with E-state index in [9.17, 15) is 60.8 Å². The van der Waals surface area contributed by atoms with Gasteiger partial charge < -0.3 is 90.0 Å². The molecule has 0 bridgehead atoms. The predicted molar refractivity (Wildman–Crippen MR) is 288 cm³/mol. The van der Waals surface area contributed by atoms with Crippen molar-refractivity contribution in [2.24, 2.45) is 55.4 Å². The number of unbranched alkanes of at least 4 members (excludes halogenated alkanes) is 7. The molecule has 1 amide bonds. The second kappa shape index (κ2) is 25.2. The molecule has 4 saturated carbocycles. The number of carbonyl (C=O) groups is 3. The van der Waals surface area contributed by atoms with Crippen LogP contribution < -0.4 is 5.32 Å². The highest BCUT2D eigenvalue weighted by Crippen LogP contribution is 2.76. The number of rotatable bonds is 20. The summed E-state index contributed by atoms with van der Waals surface area (Å²) < 4.78 is 36.5. The summed E-state index contributed by atoms with van der Waals surface area (Å²) in [6.45, 7) is 13.4. The van der Waals surface area contributed by atoms with Gasteiger partial charge in [0.15, 0.2) is 18.7 Å². The lowest BCUT2D eigenvalue weighted by molar-refractivity contribution is -0.370. The summed E-state index contributed by atoms with van der Waals surface area (Å²) in [6, 6.07) is -1.36. The van der Waals surface area contributed by atoms with Crippen LogP contribution in [0.5, 0.6) is 0 Å². The zero-order valence-electron chi connectivity index (χ0n) is 48.5. The van der Waals surface area contributed by atoms with Gasteiger partial charge in [-0.05, 0) is 117 Å². The summed E-state index contributed by atoms with van der Waals surface area (Å²) in [5, 5.41) is 127. The highest BCUT2D eigenvalue weighted by atomic mass is 16.8. The van der Waals surface area contributed by atoms with Crippen LogP contribution in [0.3, 0.4) is 0 Å². The number of nitrogens with one attached hydrogen (secondary N) is 1. The normalized spacial score (nSPS) is 46.8. The van der Waals surface area contributed by atoms with Gasteiger partial charge in [0, 0.05) is 18.3 Å². The first-order chi connectivity index (χ1) is 38.1. The molecule has 3 heterocycles. The number of hydrogen-bond donors (Lipinski definition) is 12. The third-order valence-corrected chi connectivity index (χ3v) is 21.9. The molecule has 24 atom stereocenters. The number of carboxylic acids is 1. The van der Waals surface area contributed by atoms with E-state index in [4.69, 9.17) is 33.5 Å². The summed E-state index contributed by atoms with van der Waals surface area (Å²) in [5.74, 6) is -2.49. The van der Waals surface area contributed by atoms with E-state index in [0.29, 0.717) is 38.5 Å². The average molecular weight is 1150 g/mol. The minimum atomic E-state index is -1.95. The summed E-state index contributed by atoms with van der Waals surface area (Å²) >= 11 is 0. The monoisotopic (exact) mass is 1150 g/mol. The van der Waals surface area contributed by atoms with E-state index in [0.717, 1.165) is 63.4 Å². The maximum Gasteiger partial charge on any atom is 0.317 e. The van der Waals surface area contributed by atoms with Crippen LogP contribution in [0, 0.1) is 50.2 Å². The van der Waals surface area contributed by atoms with E-state index in [2.05, 4.69) is 51.2 Å². The van der Waals surface area contributed by atoms with Gasteiger partial charge in [-0.15, -0.1) is 5.16 Å². The Morgan fingerprint density at radius 2 is 1.36 bits per heavy atom. The Labute approximate surface area is 475 Å². The third-order valence-electron chi connectivity index (χ3n) is 21.9. The Bertz CT molecular complexity index is 2260. The number of fused-ring (bicyclic) bond motifs is 7. The van der Waals surface area contributed by atoms with Gasteiger partial charge in [-0.25, -0.2) is 0 Å². The number of allylic oxidation sites excluding steroid dienone is 2. The Morgan fingerprint density at radius 3 is 2.01 bits per heavy atom. The first-order valence-corrected chi connectivity index (χ1v) is 30.0. The molecular formula is C59H96N2O20. The first-order valence-electron chi connectivity index (χ1n) is 30.0. The number of amides is 1. The van der Waals surface area contributed by atoms with Crippen molar-refractivity contribution < 1.29 is 99.1 Å². The zero-order valence-corrected chi connectivity index (χ0v) is 48.5. The molecule has 13 unspecified atom stereocenters. The molecule has 12 N–H and O–H groups in total. The molecule has 7 fully saturated rings. The summed E-state index contributed by atoms with van der Waals surface area (Å²) in [7, 11) is 0. The molecule has 22 heteroatoms. The van der Waals surface area contributed by atoms with Gasteiger partial charge in [0.05, 0.1) is 43.8 Å². The van der Waals surface area contributed by atoms with Crippen LogP contribution in [-0.2, 0) is 42.8 Å². The molecule has 81 heavy (non-hydrogen) atoms. The lowest BCUT2D eigenvalue weighted by Gasteiger charge is -2.71. The molecule has 22 nitrogen and oxygen atoms in total. The Morgan fingerprint density at radius 1 is 0.716 bits per heavy atom. The molecule has 0 aromatic rings. The van der Waals surface area contributed by atoms with E-state index < -0.39 is 151 Å². The maximum atomic E-state index is 15.7. The van der Waals surface area contributed by atoms with Gasteiger partial charge in [-0.1, -0.05) is 91.7 Å². The molecule has 462 valence electrons. The molecule has 0 spiro atoms. The van der Waals surface area contributed by atoms with E-state index in [1.165, 1.54) is 13.1 Å². The topological polar surface area (TPSA) is 354 Å². The second-order valence-electron chi connectivity index (χ2n) is 27.2. The minimum absolute atomic E-state index is 0.0162. The highest BCUT2D eigenvalue weighted by molar-refractivity contribution is 5.80. The fourth-order valence-corrected chi connectivity index (χ4v) is 16.8. The molecule has 3 aliphatic heterocycles. The van der Waals surface area contributed by atoms with Gasteiger partial charge in [0.2, 0.25) is 12.2 Å². The Hall–Kier alpha value is -2.94. The molecule has 0 aromatic heterocycles. The van der Waals surface area contributed by atoms with Crippen LogP contribution in [0.25, 0.3) is 0 Å². The predicted octanol–water partition coefficient (Wildman–Crippen LogP) is 3.33. The fraction of sp³-hybridized carbons (Fsp3) is 0.898. The van der Waals surface area contributed by atoms with Gasteiger partial charge in [-0.3, -0.25) is 14.4 Å². The number of oxime groups is 1. The Kier molecular flexibility index (Phi) is 19.9. The SMILES string of the molecule is CC1O[C@@H](OC2C(O)C(NC(=O)CCCCCCCCCCC(=O)O)[C@H](CO)O[C@H]2OC(=O)[C@]23CCC(C)(C)CC2C2=CCC4C5(C)CC[C@H](O)[C@](C)(/C=N/O)[C@@H]5CCC4(C)[C@]2(C)CC3O)C(O)C(O)[C@H]1O[C@@H]1OC[C@@H](O)C(O)C1O. The summed E-state index contributed by atoms with van der Waals surface area (Å²) in [6.07, 6.45) is -7.79. The van der Waals surface area contributed by atoms with Crippen LogP contribution in [0.2, 0.25) is 0 Å². The number of aliphatic carboxylic acids is 1. The van der Waals surface area contributed by atoms with Crippen molar-refractivity contribution in [3.63, 3.8) is 0 Å². The van der Waals surface area contributed by atoms with Crippen LogP contribution in [0.1, 0.15) is 170 Å². The van der Waals surface area contributed by atoms with Crippen molar-refractivity contribution in [1.29, 1.82) is 0 Å². The van der Waals surface area contributed by atoms with Gasteiger partial charge >= 0.3 is 11.9 Å². The molecule has 5 aliphatic carbocycles. The second-order valence-corrected chi connectivity index (χ2v) is 27.2. The number of carboxylic acid groups (broad SMARTS) is 1. The molecule has 8 aliphatic rings. The summed E-state index contributed by atoms with van der Waals surface area (Å²) in [4.78, 5) is 40.2. The standard InChI is InChI=1S/C59H96N2O20/c1-31-48(79-50-46(72)43(69)34(63)29-76-50)45(71)47(73)51(77-31)80-49-44(70)42(61-40(66)16-14-12-10-8-9-11-13-15-17-41(67)68)35(28-62)78-52(49)81-53(74)59-25-24-54(2,3)26-33(59)32-18-19-37-55(4)22-21-38(64)56(5,30-60-75)36(55)20-23-57(37,6)58(32,7)27-39(59)65/h18,30-31,33-39,42-52,62-65,69-73,75H,8-17,19-29H2,1-7H3,(H,61,66)(H,67,68)/b60-30+/t31?,33?,34-,35+,36-,37?,38+,39?,42?,43?,44?,45?,46?,47?,48+,49?,50+,51+,52+,55?,56-,57?,58-,59-/m1/s1. The van der Waals surface area contributed by atoms with Crippen molar-refractivity contribution in [3.8, 4) is 0 Å². The third kappa shape index (κ3) is 12.0. The molecule has 8 rings (SSSR count). The van der Waals surface area contributed by atoms with Crippen LogP contribution in [0.4, 0.5) is 0 Å². The quantitative estimate of drug-likeness (QED) is 0.0208. The number of aliphatic hydroxyl groups is 9. The van der Waals surface area contributed by atoms with Crippen molar-refractivity contribution in [2.75, 3.05) is 13.2 Å². The van der Waals surface area contributed by atoms with Crippen molar-refractivity contribution in [2.45, 2.75) is 269 Å². The first kappa shape index (κ1) is 64.1. The number of aliphatic hydroxyl groups excluding tert-OH is 9. The van der Waals surface area contributed by atoms with E-state index in [-0.39, 0.29) is 53.8 Å². The fourth-order valence-electron chi connectivity index (χ4n) is 16.8. The smallest absolute Gasteiger partial charge is 0.317 e. The molecule has 0 radical (unpaired) electrons. The Balaban J connectivity index is 1.05. The van der Waals surface area contributed by atoms with Crippen molar-refractivity contribution in [1.82, 2.24) is 5.32 Å². The molecule has 0 aromatic carbocycles. The van der Waals surface area contributed by atoms with Crippen LogP contribution in [0.15, 0.2) is 16.8 Å². The number of ether oxygens (including phenoxy) is 6. The van der Waals surface area contributed by atoms with Crippen molar-refractivity contribution in [3.05, 3.63) is 11.6 Å². The van der Waals surface area contributed by atoms with E-state index in [1.807, 2.05) is 6.92 Å². The molecule has 3 saturated heterocycles. The lowest BCUT2D eigenvalue weighted by atomic mass is 9.33. The van der Waals surface area contributed by atoms with Gasteiger partial charge in [-0.2, -0.15) is 0 Å². The maximum absolute atomic E-state index is 15.7.